The Morgan fingerprint density at radius 2 is 2.37 bits per heavy atom. The number of sulfonamides is 1. The van der Waals surface area contributed by atoms with Gasteiger partial charge in [0.1, 0.15) is 0 Å². The average Bonchev–Trinajstić information content (AvgIpc) is 3.05. The van der Waals surface area contributed by atoms with Crippen LogP contribution in [-0.2, 0) is 23.1 Å². The van der Waals surface area contributed by atoms with Crippen LogP contribution in [-0.4, -0.2) is 31.0 Å². The molecule has 1 aromatic heterocycles. The van der Waals surface area contributed by atoms with Gasteiger partial charge >= 0.3 is 0 Å². The molecule has 1 fully saturated rings. The first kappa shape index (κ1) is 14.9. The molecule has 0 aliphatic carbocycles. The van der Waals surface area contributed by atoms with Gasteiger partial charge in [0.15, 0.2) is 0 Å². The van der Waals surface area contributed by atoms with Gasteiger partial charge in [-0.15, -0.1) is 0 Å². The van der Waals surface area contributed by atoms with Gasteiger partial charge in [-0.3, -0.25) is 0 Å². The summed E-state index contributed by atoms with van der Waals surface area (Å²) in [5.41, 5.74) is 6.46. The maximum atomic E-state index is 12.2. The highest BCUT2D eigenvalue weighted by Gasteiger charge is 2.21. The number of aryl methyl sites for hydroxylation is 1. The minimum absolute atomic E-state index is 0.320. The summed E-state index contributed by atoms with van der Waals surface area (Å²) < 4.78 is 29.0. The molecule has 19 heavy (non-hydrogen) atoms. The van der Waals surface area contributed by atoms with E-state index in [0.717, 1.165) is 30.2 Å². The molecule has 1 atom stereocenters. The number of hydrogen-bond acceptors (Lipinski definition) is 4. The molecule has 0 radical (unpaired) electrons. The van der Waals surface area contributed by atoms with E-state index in [9.17, 15) is 8.42 Å². The Hall–Kier alpha value is -0.500. The van der Waals surface area contributed by atoms with Crippen LogP contribution in [0.25, 0.3) is 0 Å². The number of rotatable bonds is 6. The van der Waals surface area contributed by atoms with Crippen molar-refractivity contribution in [1.29, 1.82) is 0 Å². The van der Waals surface area contributed by atoms with Gasteiger partial charge in [0.2, 0.25) is 10.0 Å². The zero-order valence-corrected chi connectivity index (χ0v) is 12.8. The smallest absolute Gasteiger partial charge is 0.242 e. The molecule has 7 heteroatoms. The van der Waals surface area contributed by atoms with Crippen molar-refractivity contribution in [3.05, 3.63) is 18.0 Å². The molecule has 5 nitrogen and oxygen atoms in total. The van der Waals surface area contributed by atoms with Crippen molar-refractivity contribution in [3.63, 3.8) is 0 Å². The van der Waals surface area contributed by atoms with Crippen molar-refractivity contribution in [2.24, 2.45) is 11.7 Å². The fourth-order valence-corrected chi connectivity index (χ4v) is 4.66. The molecule has 0 saturated carbocycles. The van der Waals surface area contributed by atoms with Crippen molar-refractivity contribution in [3.8, 4) is 0 Å². The van der Waals surface area contributed by atoms with Crippen molar-refractivity contribution >= 4 is 21.8 Å². The first-order valence-corrected chi connectivity index (χ1v) is 9.17. The lowest BCUT2D eigenvalue weighted by atomic mass is 10.1. The summed E-state index contributed by atoms with van der Waals surface area (Å²) in [6.45, 7) is 3.58. The summed E-state index contributed by atoms with van der Waals surface area (Å²) >= 11 is 1.89. The highest BCUT2D eigenvalue weighted by molar-refractivity contribution is 7.99. The van der Waals surface area contributed by atoms with E-state index in [2.05, 4.69) is 4.72 Å². The lowest BCUT2D eigenvalue weighted by Crippen LogP contribution is -2.29. The number of nitrogens with zero attached hydrogens (tertiary/aromatic N) is 1. The second-order valence-corrected chi connectivity index (χ2v) is 7.66. The third kappa shape index (κ3) is 3.53. The fraction of sp³-hybridized carbons (Fsp3) is 0.667. The Morgan fingerprint density at radius 1 is 1.58 bits per heavy atom. The molecular formula is C12H21N3O2S2. The molecule has 1 unspecified atom stereocenters. The summed E-state index contributed by atoms with van der Waals surface area (Å²) in [6.07, 6.45) is 2.76. The quantitative estimate of drug-likeness (QED) is 0.822. The molecule has 0 amide bonds. The van der Waals surface area contributed by atoms with Crippen LogP contribution in [0, 0.1) is 5.92 Å². The number of nitrogens with one attached hydrogen (secondary N) is 1. The Balaban J connectivity index is 2.07. The minimum atomic E-state index is -3.41. The first-order valence-electron chi connectivity index (χ1n) is 6.53. The Morgan fingerprint density at radius 3 is 2.89 bits per heavy atom. The van der Waals surface area contributed by atoms with E-state index < -0.39 is 10.0 Å². The van der Waals surface area contributed by atoms with Gasteiger partial charge in [-0.2, -0.15) is 11.8 Å². The molecule has 1 aliphatic heterocycles. The van der Waals surface area contributed by atoms with Gasteiger partial charge in [0, 0.05) is 31.5 Å². The van der Waals surface area contributed by atoms with Gasteiger partial charge in [0.25, 0.3) is 0 Å². The highest BCUT2D eigenvalue weighted by Crippen LogP contribution is 2.23. The number of nitrogens with two attached hydrogens (primary N) is 1. The van der Waals surface area contributed by atoms with Gasteiger partial charge in [0.05, 0.1) is 4.90 Å². The zero-order valence-electron chi connectivity index (χ0n) is 11.1. The van der Waals surface area contributed by atoms with E-state index in [1.165, 1.54) is 0 Å². The van der Waals surface area contributed by atoms with E-state index in [-0.39, 0.29) is 0 Å². The summed E-state index contributed by atoms with van der Waals surface area (Å²) in [6, 6.07) is 1.66. The summed E-state index contributed by atoms with van der Waals surface area (Å²) in [7, 11) is -3.41. The van der Waals surface area contributed by atoms with Crippen LogP contribution >= 0.6 is 11.8 Å². The van der Waals surface area contributed by atoms with E-state index in [1.807, 2.05) is 23.3 Å². The molecule has 1 aliphatic rings. The summed E-state index contributed by atoms with van der Waals surface area (Å²) in [4.78, 5) is 0.320. The summed E-state index contributed by atoms with van der Waals surface area (Å²) in [5, 5.41) is 0. The Labute approximate surface area is 119 Å². The van der Waals surface area contributed by atoms with Crippen molar-refractivity contribution in [2.75, 3.05) is 18.1 Å². The number of hydrogen-bond donors (Lipinski definition) is 2. The summed E-state index contributed by atoms with van der Waals surface area (Å²) in [5.74, 6) is 2.64. The van der Waals surface area contributed by atoms with E-state index in [4.69, 9.17) is 5.73 Å². The first-order chi connectivity index (χ1) is 9.06. The lowest BCUT2D eigenvalue weighted by Gasteiger charge is -2.09. The predicted molar refractivity (Wildman–Crippen MR) is 78.6 cm³/mol. The van der Waals surface area contributed by atoms with Crippen molar-refractivity contribution in [2.45, 2.75) is 31.3 Å². The second kappa shape index (κ2) is 6.30. The normalized spacial score (nSPS) is 20.0. The standard InChI is InChI=1S/C12H21N3O2S2/c1-2-15-8-12(5-11(15)6-13)19(16,17)14-7-10-3-4-18-9-10/h5,8,10,14H,2-4,6-7,9,13H2,1H3. The van der Waals surface area contributed by atoms with Crippen LogP contribution in [0.2, 0.25) is 0 Å². The minimum Gasteiger partial charge on any atom is -0.349 e. The van der Waals surface area contributed by atoms with E-state index in [1.54, 1.807) is 12.3 Å². The van der Waals surface area contributed by atoms with Crippen LogP contribution in [0.3, 0.4) is 0 Å². The molecule has 0 aromatic carbocycles. The van der Waals surface area contributed by atoms with Gasteiger partial charge in [-0.1, -0.05) is 0 Å². The predicted octanol–water partition coefficient (Wildman–Crippen LogP) is 0.998. The van der Waals surface area contributed by atoms with Crippen LogP contribution in [0.5, 0.6) is 0 Å². The molecule has 3 N–H and O–H groups in total. The fourth-order valence-electron chi connectivity index (χ4n) is 2.19. The van der Waals surface area contributed by atoms with Crippen molar-refractivity contribution in [1.82, 2.24) is 9.29 Å². The van der Waals surface area contributed by atoms with Gasteiger partial charge in [-0.25, -0.2) is 13.1 Å². The SMILES string of the molecule is CCn1cc(S(=O)(=O)NCC2CCSC2)cc1CN. The molecule has 1 saturated heterocycles. The third-order valence-corrected chi connectivity index (χ3v) is 6.03. The molecular weight excluding hydrogens is 282 g/mol. The van der Waals surface area contributed by atoms with Gasteiger partial charge < -0.3 is 10.3 Å². The molecule has 2 heterocycles. The maximum Gasteiger partial charge on any atom is 0.242 e. The Bertz CT molecular complexity index is 498. The lowest BCUT2D eigenvalue weighted by molar-refractivity contribution is 0.545. The van der Waals surface area contributed by atoms with Crippen LogP contribution in [0.15, 0.2) is 17.2 Å². The number of thioether (sulfide) groups is 1. The largest absolute Gasteiger partial charge is 0.349 e. The maximum absolute atomic E-state index is 12.2. The van der Waals surface area contributed by atoms with Gasteiger partial charge in [-0.05, 0) is 36.8 Å². The second-order valence-electron chi connectivity index (χ2n) is 4.74. The molecule has 108 valence electrons. The molecule has 0 bridgehead atoms. The topological polar surface area (TPSA) is 77.1 Å². The van der Waals surface area contributed by atoms with Crippen LogP contribution < -0.4 is 10.5 Å². The average molecular weight is 303 g/mol. The molecule has 2 rings (SSSR count). The van der Waals surface area contributed by atoms with Crippen LogP contribution in [0.4, 0.5) is 0 Å². The Kier molecular flexibility index (Phi) is 4.94. The van der Waals surface area contributed by atoms with Crippen LogP contribution in [0.1, 0.15) is 19.0 Å². The van der Waals surface area contributed by atoms with Crippen molar-refractivity contribution < 1.29 is 8.42 Å². The zero-order chi connectivity index (χ0) is 13.9. The number of aromatic nitrogens is 1. The molecule has 0 spiro atoms. The van der Waals surface area contributed by atoms with E-state index >= 15 is 0 Å². The third-order valence-electron chi connectivity index (χ3n) is 3.41. The molecule has 1 aromatic rings. The monoisotopic (exact) mass is 303 g/mol. The highest BCUT2D eigenvalue weighted by atomic mass is 32.2. The van der Waals surface area contributed by atoms with E-state index in [0.29, 0.717) is 23.9 Å².